The van der Waals surface area contributed by atoms with E-state index in [1.807, 2.05) is 0 Å². The molecule has 0 aliphatic rings. The lowest BCUT2D eigenvalue weighted by Crippen LogP contribution is -2.40. The second-order valence-corrected chi connectivity index (χ2v) is 7.04. The number of hydrogen-bond acceptors (Lipinski definition) is 3. The number of nitrogens with zero attached hydrogens (tertiary/aromatic N) is 1. The Morgan fingerprint density at radius 2 is 1.88 bits per heavy atom. The van der Waals surface area contributed by atoms with Crippen LogP contribution in [0.3, 0.4) is 0 Å². The van der Waals surface area contributed by atoms with E-state index < -0.39 is 10.2 Å². The predicted octanol–water partition coefficient (Wildman–Crippen LogP) is 0.538. The van der Waals surface area contributed by atoms with E-state index in [1.54, 1.807) is 7.05 Å². The fraction of sp³-hybridized carbons (Fsp3) is 1.00. The Labute approximate surface area is 99.6 Å². The third kappa shape index (κ3) is 7.16. The number of hydrogen-bond donors (Lipinski definition) is 2. The molecule has 98 valence electrons. The Balaban J connectivity index is 4.05. The molecule has 3 N–H and O–H groups in total. The predicted molar refractivity (Wildman–Crippen MR) is 67.3 cm³/mol. The molecule has 0 heterocycles. The third-order valence-electron chi connectivity index (χ3n) is 2.25. The van der Waals surface area contributed by atoms with E-state index in [-0.39, 0.29) is 5.41 Å². The summed E-state index contributed by atoms with van der Waals surface area (Å²) in [5.74, 6) is 0. The summed E-state index contributed by atoms with van der Waals surface area (Å²) in [6.07, 6.45) is 1.49. The first-order chi connectivity index (χ1) is 7.19. The lowest BCUT2D eigenvalue weighted by molar-refractivity contribution is 0.373. The van der Waals surface area contributed by atoms with Crippen LogP contribution in [0.5, 0.6) is 0 Å². The molecule has 0 saturated heterocycles. The standard InChI is InChI=1S/C10H25N3O2S/c1-10(2,3)6-8-12-16(14,15)13(4)9-5-7-11/h12H,5-9,11H2,1-4H3. The molecule has 0 spiro atoms. The number of nitrogens with two attached hydrogens (primary N) is 1. The largest absolute Gasteiger partial charge is 0.330 e. The van der Waals surface area contributed by atoms with E-state index in [9.17, 15) is 8.42 Å². The van der Waals surface area contributed by atoms with Gasteiger partial charge in [0.15, 0.2) is 0 Å². The van der Waals surface area contributed by atoms with Crippen LogP contribution < -0.4 is 10.5 Å². The van der Waals surface area contributed by atoms with Gasteiger partial charge in [0.1, 0.15) is 0 Å². The van der Waals surface area contributed by atoms with Crippen molar-refractivity contribution in [3.63, 3.8) is 0 Å². The highest BCUT2D eigenvalue weighted by Crippen LogP contribution is 2.17. The van der Waals surface area contributed by atoms with Gasteiger partial charge in [-0.2, -0.15) is 12.7 Å². The average Bonchev–Trinajstić information content (AvgIpc) is 2.11. The maximum absolute atomic E-state index is 11.7. The van der Waals surface area contributed by atoms with Crippen molar-refractivity contribution in [2.24, 2.45) is 11.1 Å². The summed E-state index contributed by atoms with van der Waals surface area (Å²) in [5, 5.41) is 0. The van der Waals surface area contributed by atoms with Gasteiger partial charge in [-0.15, -0.1) is 0 Å². The van der Waals surface area contributed by atoms with Gasteiger partial charge in [-0.25, -0.2) is 4.72 Å². The first-order valence-corrected chi connectivity index (χ1v) is 7.04. The van der Waals surface area contributed by atoms with Gasteiger partial charge < -0.3 is 5.73 Å². The first-order valence-electron chi connectivity index (χ1n) is 5.60. The highest BCUT2D eigenvalue weighted by atomic mass is 32.2. The molecule has 0 aliphatic heterocycles. The van der Waals surface area contributed by atoms with Crippen LogP contribution in [0.1, 0.15) is 33.6 Å². The normalized spacial score (nSPS) is 13.4. The lowest BCUT2D eigenvalue weighted by Gasteiger charge is -2.21. The van der Waals surface area contributed by atoms with E-state index in [4.69, 9.17) is 5.73 Å². The van der Waals surface area contributed by atoms with Crippen molar-refractivity contribution in [1.82, 2.24) is 9.03 Å². The summed E-state index contributed by atoms with van der Waals surface area (Å²) in [4.78, 5) is 0. The molecule has 0 atom stereocenters. The molecule has 0 rings (SSSR count). The highest BCUT2D eigenvalue weighted by Gasteiger charge is 2.17. The quantitative estimate of drug-likeness (QED) is 0.693. The van der Waals surface area contributed by atoms with Crippen LogP contribution >= 0.6 is 0 Å². The Morgan fingerprint density at radius 3 is 2.31 bits per heavy atom. The summed E-state index contributed by atoms with van der Waals surface area (Å²) >= 11 is 0. The summed E-state index contributed by atoms with van der Waals surface area (Å²) in [7, 11) is -1.76. The molecular weight excluding hydrogens is 226 g/mol. The van der Waals surface area contributed by atoms with Crippen LogP contribution in [0.4, 0.5) is 0 Å². The van der Waals surface area contributed by atoms with Crippen molar-refractivity contribution in [1.29, 1.82) is 0 Å². The monoisotopic (exact) mass is 251 g/mol. The van der Waals surface area contributed by atoms with Gasteiger partial charge in [-0.3, -0.25) is 0 Å². The Kier molecular flexibility index (Phi) is 6.47. The minimum Gasteiger partial charge on any atom is -0.330 e. The molecular formula is C10H25N3O2S. The topological polar surface area (TPSA) is 75.4 Å². The summed E-state index contributed by atoms with van der Waals surface area (Å²) in [6, 6.07) is 0. The Bertz CT molecular complexity index is 283. The van der Waals surface area contributed by atoms with E-state index in [2.05, 4.69) is 25.5 Å². The molecule has 0 amide bonds. The third-order valence-corrected chi connectivity index (χ3v) is 3.82. The summed E-state index contributed by atoms with van der Waals surface area (Å²) < 4.78 is 27.3. The fourth-order valence-electron chi connectivity index (χ4n) is 1.10. The van der Waals surface area contributed by atoms with Gasteiger partial charge in [0, 0.05) is 20.1 Å². The van der Waals surface area contributed by atoms with Crippen molar-refractivity contribution in [3.8, 4) is 0 Å². The van der Waals surface area contributed by atoms with Crippen molar-refractivity contribution in [3.05, 3.63) is 0 Å². The van der Waals surface area contributed by atoms with Crippen LogP contribution in [0.25, 0.3) is 0 Å². The fourth-order valence-corrected chi connectivity index (χ4v) is 2.05. The Morgan fingerprint density at radius 1 is 1.31 bits per heavy atom. The van der Waals surface area contributed by atoms with Crippen LogP contribution in [0.15, 0.2) is 0 Å². The summed E-state index contributed by atoms with van der Waals surface area (Å²) in [6.45, 7) is 7.68. The average molecular weight is 251 g/mol. The van der Waals surface area contributed by atoms with Crippen LogP contribution in [-0.2, 0) is 10.2 Å². The van der Waals surface area contributed by atoms with E-state index in [0.717, 1.165) is 6.42 Å². The van der Waals surface area contributed by atoms with Crippen molar-refractivity contribution in [2.75, 3.05) is 26.7 Å². The minimum atomic E-state index is -3.33. The molecule has 0 aromatic rings. The van der Waals surface area contributed by atoms with Crippen molar-refractivity contribution < 1.29 is 8.42 Å². The van der Waals surface area contributed by atoms with Gasteiger partial charge in [0.25, 0.3) is 10.2 Å². The number of nitrogens with one attached hydrogen (secondary N) is 1. The van der Waals surface area contributed by atoms with Crippen LogP contribution in [0, 0.1) is 5.41 Å². The molecule has 6 heteroatoms. The zero-order chi connectivity index (χ0) is 12.8. The molecule has 0 saturated carbocycles. The van der Waals surface area contributed by atoms with Gasteiger partial charge in [0.05, 0.1) is 0 Å². The zero-order valence-corrected chi connectivity index (χ0v) is 11.6. The van der Waals surface area contributed by atoms with Crippen LogP contribution in [0.2, 0.25) is 0 Å². The van der Waals surface area contributed by atoms with Crippen LogP contribution in [-0.4, -0.2) is 39.4 Å². The molecule has 0 fully saturated rings. The van der Waals surface area contributed by atoms with Gasteiger partial charge in [-0.05, 0) is 24.8 Å². The van der Waals surface area contributed by atoms with E-state index in [1.165, 1.54) is 4.31 Å². The minimum absolute atomic E-state index is 0.137. The van der Waals surface area contributed by atoms with Gasteiger partial charge >= 0.3 is 0 Å². The highest BCUT2D eigenvalue weighted by molar-refractivity contribution is 7.87. The molecule has 0 unspecified atom stereocenters. The maximum Gasteiger partial charge on any atom is 0.279 e. The molecule has 0 bridgehead atoms. The Hall–Kier alpha value is -0.170. The van der Waals surface area contributed by atoms with Crippen molar-refractivity contribution in [2.45, 2.75) is 33.6 Å². The second-order valence-electron chi connectivity index (χ2n) is 5.17. The van der Waals surface area contributed by atoms with Gasteiger partial charge in [0.2, 0.25) is 0 Å². The molecule has 0 aliphatic carbocycles. The molecule has 0 aromatic heterocycles. The SMILES string of the molecule is CN(CCCN)S(=O)(=O)NCCC(C)(C)C. The molecule has 5 nitrogen and oxygen atoms in total. The summed E-state index contributed by atoms with van der Waals surface area (Å²) in [5.41, 5.74) is 5.47. The lowest BCUT2D eigenvalue weighted by atomic mass is 9.93. The van der Waals surface area contributed by atoms with Gasteiger partial charge in [-0.1, -0.05) is 20.8 Å². The zero-order valence-electron chi connectivity index (χ0n) is 10.8. The number of rotatable bonds is 7. The second kappa shape index (κ2) is 6.54. The van der Waals surface area contributed by atoms with E-state index >= 15 is 0 Å². The molecule has 16 heavy (non-hydrogen) atoms. The van der Waals surface area contributed by atoms with Crippen molar-refractivity contribution >= 4 is 10.2 Å². The molecule has 0 aromatic carbocycles. The first kappa shape index (κ1) is 15.8. The van der Waals surface area contributed by atoms with E-state index in [0.29, 0.717) is 26.1 Å². The smallest absolute Gasteiger partial charge is 0.279 e. The molecule has 0 radical (unpaired) electrons. The maximum atomic E-state index is 11.7.